The highest BCUT2D eigenvalue weighted by atomic mass is 19.1. The van der Waals surface area contributed by atoms with Gasteiger partial charge in [-0.2, -0.15) is 10.1 Å². The van der Waals surface area contributed by atoms with Crippen molar-refractivity contribution in [1.82, 2.24) is 19.9 Å². The summed E-state index contributed by atoms with van der Waals surface area (Å²) in [6.07, 6.45) is 0.696. The minimum absolute atomic E-state index is 0.272. The van der Waals surface area contributed by atoms with Crippen molar-refractivity contribution in [1.29, 1.82) is 0 Å². The zero-order valence-corrected chi connectivity index (χ0v) is 19.5. The van der Waals surface area contributed by atoms with Crippen molar-refractivity contribution in [3.63, 3.8) is 0 Å². The predicted molar refractivity (Wildman–Crippen MR) is 126 cm³/mol. The van der Waals surface area contributed by atoms with Crippen LogP contribution in [0, 0.1) is 13.8 Å². The Hall–Kier alpha value is -3.85. The molecule has 1 N–H and O–H groups in total. The number of benzene rings is 2. The number of rotatable bonds is 6. The van der Waals surface area contributed by atoms with Crippen molar-refractivity contribution in [2.45, 2.75) is 38.9 Å². The van der Waals surface area contributed by atoms with Gasteiger partial charge in [-0.25, -0.2) is 9.18 Å². The molecule has 180 valence electrons. The van der Waals surface area contributed by atoms with Crippen LogP contribution in [0.15, 0.2) is 53.1 Å². The number of aryl methyl sites for hydroxylation is 1. The number of aromatic nitrogens is 4. The van der Waals surface area contributed by atoms with Gasteiger partial charge in [0.05, 0.1) is 12.1 Å². The van der Waals surface area contributed by atoms with Gasteiger partial charge in [0.25, 0.3) is 5.89 Å². The van der Waals surface area contributed by atoms with Gasteiger partial charge in [-0.05, 0) is 42.7 Å². The molecule has 2 aromatic heterocycles. The van der Waals surface area contributed by atoms with Crippen LogP contribution in [0.3, 0.4) is 0 Å². The second kappa shape index (κ2) is 9.07. The number of ether oxygens (including phenoxy) is 1. The average molecular weight is 477 g/mol. The van der Waals surface area contributed by atoms with E-state index in [9.17, 15) is 9.90 Å². The summed E-state index contributed by atoms with van der Waals surface area (Å²) in [6.45, 7) is 4.95. The highest BCUT2D eigenvalue weighted by molar-refractivity contribution is 5.89. The van der Waals surface area contributed by atoms with Crippen molar-refractivity contribution in [2.24, 2.45) is 0 Å². The van der Waals surface area contributed by atoms with Crippen LogP contribution < -0.4 is 0 Å². The van der Waals surface area contributed by atoms with Crippen LogP contribution in [-0.4, -0.2) is 44.2 Å². The predicted octanol–water partition coefficient (Wildman–Crippen LogP) is 4.94. The summed E-state index contributed by atoms with van der Waals surface area (Å²) in [5.41, 5.74) is 3.21. The van der Waals surface area contributed by atoms with Crippen LogP contribution >= 0.6 is 0 Å². The van der Waals surface area contributed by atoms with E-state index in [-0.39, 0.29) is 11.5 Å². The van der Waals surface area contributed by atoms with E-state index in [1.54, 1.807) is 48.0 Å². The van der Waals surface area contributed by atoms with Crippen molar-refractivity contribution in [2.75, 3.05) is 13.2 Å². The van der Waals surface area contributed by atoms with Crippen LogP contribution in [0.4, 0.5) is 4.39 Å². The van der Waals surface area contributed by atoms with E-state index in [1.807, 2.05) is 19.1 Å². The maximum atomic E-state index is 15.2. The van der Waals surface area contributed by atoms with Gasteiger partial charge in [-0.15, -0.1) is 0 Å². The molecule has 0 spiro atoms. The molecule has 2 aromatic carbocycles. The normalized spacial score (nSPS) is 15.3. The zero-order valence-electron chi connectivity index (χ0n) is 19.5. The van der Waals surface area contributed by atoms with Crippen LogP contribution in [0.25, 0.3) is 23.0 Å². The number of halogens is 1. The lowest BCUT2D eigenvalue weighted by molar-refractivity contribution is -0.0114. The fraction of sp³-hybridized carbons (Fsp3) is 0.308. The minimum atomic E-state index is -1.37. The molecule has 0 amide bonds. The van der Waals surface area contributed by atoms with Crippen LogP contribution in [0.5, 0.6) is 0 Å². The molecule has 8 nitrogen and oxygen atoms in total. The van der Waals surface area contributed by atoms with E-state index in [2.05, 4.69) is 15.2 Å². The van der Waals surface area contributed by atoms with Gasteiger partial charge < -0.3 is 14.4 Å². The zero-order chi connectivity index (χ0) is 24.6. The number of carboxylic acid groups (broad SMARTS) is 1. The first-order chi connectivity index (χ1) is 16.8. The second-order valence-corrected chi connectivity index (χ2v) is 8.80. The standard InChI is InChI=1S/C26H25FN4O4/c1-16-14-22(29-31(16)15-19-4-3-5-21(17(19)2)25(32)33)24-28-23(30-35-24)18-6-8-20(9-7-18)26(27)10-12-34-13-11-26/h3-9,14H,10-13,15H2,1-2H3,(H,32,33). The summed E-state index contributed by atoms with van der Waals surface area (Å²) < 4.78 is 27.7. The lowest BCUT2D eigenvalue weighted by Gasteiger charge is -2.29. The molecule has 4 aromatic rings. The Morgan fingerprint density at radius 1 is 1.14 bits per heavy atom. The number of hydrogen-bond donors (Lipinski definition) is 1. The van der Waals surface area contributed by atoms with E-state index in [0.717, 1.165) is 16.8 Å². The fourth-order valence-corrected chi connectivity index (χ4v) is 4.37. The van der Waals surface area contributed by atoms with E-state index in [4.69, 9.17) is 9.26 Å². The second-order valence-electron chi connectivity index (χ2n) is 8.80. The third-order valence-electron chi connectivity index (χ3n) is 6.57. The van der Waals surface area contributed by atoms with Crippen molar-refractivity contribution < 1.29 is 23.6 Å². The van der Waals surface area contributed by atoms with Crippen LogP contribution in [-0.2, 0) is 17.0 Å². The van der Waals surface area contributed by atoms with Gasteiger partial charge in [0, 0.05) is 37.3 Å². The number of carboxylic acids is 1. The van der Waals surface area contributed by atoms with Gasteiger partial charge in [0.2, 0.25) is 5.82 Å². The van der Waals surface area contributed by atoms with E-state index >= 15 is 4.39 Å². The van der Waals surface area contributed by atoms with Crippen LogP contribution in [0.2, 0.25) is 0 Å². The molecule has 0 aliphatic carbocycles. The van der Waals surface area contributed by atoms with Gasteiger partial charge in [0.1, 0.15) is 5.67 Å². The van der Waals surface area contributed by atoms with Gasteiger partial charge in [-0.1, -0.05) is 41.6 Å². The summed E-state index contributed by atoms with van der Waals surface area (Å²) in [6, 6.07) is 14.2. The highest BCUT2D eigenvalue weighted by Crippen LogP contribution is 2.37. The molecule has 0 bridgehead atoms. The van der Waals surface area contributed by atoms with Crippen molar-refractivity contribution in [3.05, 3.63) is 76.5 Å². The summed E-state index contributed by atoms with van der Waals surface area (Å²) in [4.78, 5) is 15.9. The first kappa shape index (κ1) is 22.9. The van der Waals surface area contributed by atoms with Gasteiger partial charge >= 0.3 is 5.97 Å². The Kier molecular flexibility index (Phi) is 5.94. The topological polar surface area (TPSA) is 103 Å². The van der Waals surface area contributed by atoms with Gasteiger partial charge in [-0.3, -0.25) is 4.68 Å². The van der Waals surface area contributed by atoms with Crippen molar-refractivity contribution in [3.8, 4) is 23.0 Å². The monoisotopic (exact) mass is 476 g/mol. The maximum Gasteiger partial charge on any atom is 0.335 e. The molecule has 0 unspecified atom stereocenters. The SMILES string of the molecule is Cc1c(Cn2nc(-c3nc(-c4ccc(C5(F)CCOCC5)cc4)no3)cc2C)cccc1C(=O)O. The molecule has 1 saturated heterocycles. The summed E-state index contributed by atoms with van der Waals surface area (Å²) in [7, 11) is 0. The van der Waals surface area contributed by atoms with E-state index in [1.165, 1.54) is 0 Å². The lowest BCUT2D eigenvalue weighted by Crippen LogP contribution is -2.29. The molecule has 0 saturated carbocycles. The molecular formula is C26H25FN4O4. The first-order valence-corrected chi connectivity index (χ1v) is 11.4. The van der Waals surface area contributed by atoms with Gasteiger partial charge in [0.15, 0.2) is 5.69 Å². The lowest BCUT2D eigenvalue weighted by atomic mass is 9.88. The number of carbonyl (C=O) groups is 1. The van der Waals surface area contributed by atoms with Crippen molar-refractivity contribution >= 4 is 5.97 Å². The third-order valence-corrected chi connectivity index (χ3v) is 6.57. The first-order valence-electron chi connectivity index (χ1n) is 11.4. The Labute approximate surface area is 201 Å². The quantitative estimate of drug-likeness (QED) is 0.420. The highest BCUT2D eigenvalue weighted by Gasteiger charge is 2.34. The largest absolute Gasteiger partial charge is 0.478 e. The molecule has 3 heterocycles. The number of hydrogen-bond acceptors (Lipinski definition) is 6. The number of alkyl halides is 1. The molecule has 0 atom stereocenters. The fourth-order valence-electron chi connectivity index (χ4n) is 4.37. The minimum Gasteiger partial charge on any atom is -0.478 e. The van der Waals surface area contributed by atoms with E-state index in [0.29, 0.717) is 55.2 Å². The Bertz CT molecular complexity index is 1370. The third kappa shape index (κ3) is 4.46. The summed E-state index contributed by atoms with van der Waals surface area (Å²) in [5, 5.41) is 18.1. The molecule has 1 aliphatic rings. The van der Waals surface area contributed by atoms with Crippen LogP contribution in [0.1, 0.15) is 45.6 Å². The number of nitrogens with zero attached hydrogens (tertiary/aromatic N) is 4. The Morgan fingerprint density at radius 3 is 2.60 bits per heavy atom. The smallest absolute Gasteiger partial charge is 0.335 e. The summed E-state index contributed by atoms with van der Waals surface area (Å²) in [5.74, 6) is -0.292. The Balaban J connectivity index is 1.36. The Morgan fingerprint density at radius 2 is 1.89 bits per heavy atom. The molecule has 5 rings (SSSR count). The molecule has 9 heteroatoms. The molecular weight excluding hydrogens is 451 g/mol. The maximum absolute atomic E-state index is 15.2. The molecule has 1 fully saturated rings. The summed E-state index contributed by atoms with van der Waals surface area (Å²) >= 11 is 0. The average Bonchev–Trinajstić information content (AvgIpc) is 3.48. The molecule has 35 heavy (non-hydrogen) atoms. The van der Waals surface area contributed by atoms with E-state index < -0.39 is 11.6 Å². The number of aromatic carboxylic acids is 1. The molecule has 1 aliphatic heterocycles. The molecule has 0 radical (unpaired) electrons.